The highest BCUT2D eigenvalue weighted by Crippen LogP contribution is 2.17. The van der Waals surface area contributed by atoms with Crippen molar-refractivity contribution in [3.05, 3.63) is 95.3 Å². The maximum Gasteiger partial charge on any atom is 0.254 e. The summed E-state index contributed by atoms with van der Waals surface area (Å²) in [6, 6.07) is 18.1. The van der Waals surface area contributed by atoms with Crippen LogP contribution in [0.25, 0.3) is 0 Å². The summed E-state index contributed by atoms with van der Waals surface area (Å²) in [6.07, 6.45) is 5.51. The number of benzene rings is 2. The van der Waals surface area contributed by atoms with Gasteiger partial charge in [0, 0.05) is 37.3 Å². The quantitative estimate of drug-likeness (QED) is 0.595. The van der Waals surface area contributed by atoms with Gasteiger partial charge in [-0.3, -0.25) is 9.78 Å². The summed E-state index contributed by atoms with van der Waals surface area (Å²) >= 11 is 0. The fourth-order valence-electron chi connectivity index (χ4n) is 3.05. The number of pyridine rings is 1. The molecular weight excluding hydrogens is 384 g/mol. The van der Waals surface area contributed by atoms with Crippen LogP contribution in [0.2, 0.25) is 0 Å². The van der Waals surface area contributed by atoms with Gasteiger partial charge in [-0.2, -0.15) is 0 Å². The minimum Gasteiger partial charge on any atom is -0.330 e. The molecule has 1 amide bonds. The van der Waals surface area contributed by atoms with Crippen LogP contribution in [0.15, 0.2) is 78.0 Å². The molecule has 0 aliphatic rings. The topological polar surface area (TPSA) is 67.3 Å². The summed E-state index contributed by atoms with van der Waals surface area (Å²) < 4.78 is 23.8. The normalized spacial score (nSPS) is 11.2. The summed E-state index contributed by atoms with van der Waals surface area (Å²) in [5, 5.41) is 0. The highest BCUT2D eigenvalue weighted by Gasteiger charge is 2.19. The molecule has 0 aliphatic heterocycles. The van der Waals surface area contributed by atoms with E-state index in [1.165, 1.54) is 17.7 Å². The Kier molecular flexibility index (Phi) is 6.44. The van der Waals surface area contributed by atoms with E-state index in [0.29, 0.717) is 18.7 Å². The molecule has 3 aromatic rings. The molecule has 1 heterocycles. The van der Waals surface area contributed by atoms with Crippen molar-refractivity contribution < 1.29 is 13.2 Å². The third-order valence-electron chi connectivity index (χ3n) is 4.70. The summed E-state index contributed by atoms with van der Waals surface area (Å²) in [5.74, 6) is -0.223. The fourth-order valence-corrected chi connectivity index (χ4v) is 3.72. The van der Waals surface area contributed by atoms with Gasteiger partial charge >= 0.3 is 0 Å². The lowest BCUT2D eigenvalue weighted by Crippen LogP contribution is -2.30. The van der Waals surface area contributed by atoms with Crippen molar-refractivity contribution in [1.82, 2.24) is 9.88 Å². The van der Waals surface area contributed by atoms with Crippen molar-refractivity contribution >= 4 is 15.7 Å². The van der Waals surface area contributed by atoms with Crippen molar-refractivity contribution in [3.8, 4) is 0 Å². The van der Waals surface area contributed by atoms with E-state index in [1.807, 2.05) is 24.3 Å². The van der Waals surface area contributed by atoms with Crippen molar-refractivity contribution in [2.45, 2.75) is 31.3 Å². The molecule has 6 heteroatoms. The van der Waals surface area contributed by atoms with Gasteiger partial charge in [-0.15, -0.1) is 0 Å². The Morgan fingerprint density at radius 1 is 0.931 bits per heavy atom. The Hall–Kier alpha value is -2.99. The van der Waals surface area contributed by atoms with Gasteiger partial charge in [0.05, 0.1) is 4.90 Å². The van der Waals surface area contributed by atoms with Crippen molar-refractivity contribution in [1.29, 1.82) is 0 Å². The molecule has 0 N–H and O–H groups in total. The molecule has 0 aliphatic carbocycles. The summed E-state index contributed by atoms with van der Waals surface area (Å²) in [4.78, 5) is 19.2. The highest BCUT2D eigenvalue weighted by molar-refractivity contribution is 7.90. The molecule has 0 atom stereocenters. The van der Waals surface area contributed by atoms with Crippen LogP contribution >= 0.6 is 0 Å². The van der Waals surface area contributed by atoms with Crippen LogP contribution in [0.3, 0.4) is 0 Å². The first-order chi connectivity index (χ1) is 13.9. The fraction of sp³-hybridized carbons (Fsp3) is 0.217. The van der Waals surface area contributed by atoms with E-state index >= 15 is 0 Å². The first kappa shape index (κ1) is 20.7. The van der Waals surface area contributed by atoms with Crippen molar-refractivity contribution in [2.75, 3.05) is 6.26 Å². The van der Waals surface area contributed by atoms with E-state index in [-0.39, 0.29) is 10.8 Å². The standard InChI is InChI=1S/C23H24N2O3S/c1-3-18-9-11-19(12-10-18)16-25(17-20-6-5-13-24-15-20)23(26)21-7-4-8-22(14-21)29(2,27)28/h4-15H,3,16-17H2,1-2H3. The number of amides is 1. The van der Waals surface area contributed by atoms with Gasteiger partial charge in [0.1, 0.15) is 0 Å². The molecule has 2 aromatic carbocycles. The van der Waals surface area contributed by atoms with Crippen LogP contribution < -0.4 is 0 Å². The summed E-state index contributed by atoms with van der Waals surface area (Å²) in [7, 11) is -3.39. The minimum atomic E-state index is -3.39. The molecular formula is C23H24N2O3S. The highest BCUT2D eigenvalue weighted by atomic mass is 32.2. The molecule has 150 valence electrons. The van der Waals surface area contributed by atoms with Crippen LogP contribution in [0.5, 0.6) is 0 Å². The Labute approximate surface area is 172 Å². The van der Waals surface area contributed by atoms with Crippen LogP contribution in [0.1, 0.15) is 34.0 Å². The molecule has 0 bridgehead atoms. The average molecular weight is 409 g/mol. The predicted molar refractivity (Wildman–Crippen MR) is 113 cm³/mol. The first-order valence-corrected chi connectivity index (χ1v) is 11.3. The second-order valence-electron chi connectivity index (χ2n) is 6.99. The van der Waals surface area contributed by atoms with E-state index < -0.39 is 9.84 Å². The van der Waals surface area contributed by atoms with Gasteiger partial charge in [0.25, 0.3) is 5.91 Å². The van der Waals surface area contributed by atoms with E-state index in [4.69, 9.17) is 0 Å². The molecule has 0 radical (unpaired) electrons. The van der Waals surface area contributed by atoms with E-state index in [1.54, 1.807) is 29.4 Å². The van der Waals surface area contributed by atoms with Gasteiger partial charge in [-0.25, -0.2) is 8.42 Å². The Balaban J connectivity index is 1.92. The third kappa shape index (κ3) is 5.51. The number of hydrogen-bond acceptors (Lipinski definition) is 4. The number of nitrogens with zero attached hydrogens (tertiary/aromatic N) is 2. The Morgan fingerprint density at radius 3 is 2.24 bits per heavy atom. The number of sulfone groups is 1. The molecule has 3 rings (SSSR count). The minimum absolute atomic E-state index is 0.136. The average Bonchev–Trinajstić information content (AvgIpc) is 2.73. The number of rotatable bonds is 7. The Bertz CT molecular complexity index is 1080. The zero-order valence-corrected chi connectivity index (χ0v) is 17.4. The lowest BCUT2D eigenvalue weighted by atomic mass is 10.1. The number of aromatic nitrogens is 1. The Morgan fingerprint density at radius 2 is 1.62 bits per heavy atom. The number of carbonyl (C=O) groups excluding carboxylic acids is 1. The van der Waals surface area contributed by atoms with Gasteiger partial charge < -0.3 is 4.90 Å². The van der Waals surface area contributed by atoms with Gasteiger partial charge in [-0.1, -0.05) is 43.3 Å². The largest absolute Gasteiger partial charge is 0.330 e. The number of hydrogen-bond donors (Lipinski definition) is 0. The third-order valence-corrected chi connectivity index (χ3v) is 5.81. The molecule has 0 fully saturated rings. The smallest absolute Gasteiger partial charge is 0.254 e. The zero-order valence-electron chi connectivity index (χ0n) is 16.6. The van der Waals surface area contributed by atoms with Gasteiger partial charge in [0.15, 0.2) is 9.84 Å². The van der Waals surface area contributed by atoms with Crippen molar-refractivity contribution in [2.24, 2.45) is 0 Å². The maximum absolute atomic E-state index is 13.3. The second-order valence-corrected chi connectivity index (χ2v) is 9.01. The number of carbonyl (C=O) groups is 1. The molecule has 0 unspecified atom stereocenters. The zero-order chi connectivity index (χ0) is 20.9. The number of aryl methyl sites for hydroxylation is 1. The lowest BCUT2D eigenvalue weighted by Gasteiger charge is -2.23. The maximum atomic E-state index is 13.3. The second kappa shape index (κ2) is 9.01. The van der Waals surface area contributed by atoms with Gasteiger partial charge in [-0.05, 0) is 47.4 Å². The molecule has 1 aromatic heterocycles. The summed E-state index contributed by atoms with van der Waals surface area (Å²) in [6.45, 7) is 2.90. The van der Waals surface area contributed by atoms with E-state index in [0.717, 1.165) is 23.8 Å². The van der Waals surface area contributed by atoms with E-state index in [9.17, 15) is 13.2 Å². The van der Waals surface area contributed by atoms with E-state index in [2.05, 4.69) is 24.0 Å². The van der Waals surface area contributed by atoms with Crippen LogP contribution in [0, 0.1) is 0 Å². The molecule has 0 spiro atoms. The summed E-state index contributed by atoms with van der Waals surface area (Å²) in [5.41, 5.74) is 3.51. The van der Waals surface area contributed by atoms with Crippen molar-refractivity contribution in [3.63, 3.8) is 0 Å². The SMILES string of the molecule is CCc1ccc(CN(Cc2cccnc2)C(=O)c2cccc(S(C)(=O)=O)c2)cc1. The predicted octanol–water partition coefficient (Wildman–Crippen LogP) is 3.89. The monoisotopic (exact) mass is 408 g/mol. The molecule has 29 heavy (non-hydrogen) atoms. The first-order valence-electron chi connectivity index (χ1n) is 9.43. The van der Waals surface area contributed by atoms with Crippen LogP contribution in [-0.4, -0.2) is 30.5 Å². The molecule has 5 nitrogen and oxygen atoms in total. The lowest BCUT2D eigenvalue weighted by molar-refractivity contribution is 0.0729. The van der Waals surface area contributed by atoms with Crippen LogP contribution in [-0.2, 0) is 29.3 Å². The molecule has 0 saturated heterocycles. The molecule has 0 saturated carbocycles. The van der Waals surface area contributed by atoms with Crippen LogP contribution in [0.4, 0.5) is 0 Å². The van der Waals surface area contributed by atoms with Gasteiger partial charge in [0.2, 0.25) is 0 Å².